The molecule has 5 amide bonds. The fourth-order valence-electron chi connectivity index (χ4n) is 4.34. The molecule has 0 aliphatic rings. The van der Waals surface area contributed by atoms with Gasteiger partial charge in [-0.3, -0.25) is 24.0 Å². The van der Waals surface area contributed by atoms with Crippen LogP contribution in [0.4, 0.5) is 0 Å². The summed E-state index contributed by atoms with van der Waals surface area (Å²) in [5.74, 6) is -6.31. The highest BCUT2D eigenvalue weighted by Crippen LogP contribution is 2.19. The lowest BCUT2D eigenvalue weighted by atomic mass is 10.0. The number of primary amides is 2. The Bertz CT molecular complexity index is 1500. The van der Waals surface area contributed by atoms with Crippen molar-refractivity contribution in [3.63, 3.8) is 0 Å². The number of phenolic OH excluding ortho intramolecular Hbond substituents is 1. The van der Waals surface area contributed by atoms with Crippen LogP contribution in [0.2, 0.25) is 0 Å². The number of carboxylic acid groups (broad SMARTS) is 1. The average Bonchev–Trinajstić information content (AvgIpc) is 3.35. The number of phenols is 1. The minimum absolute atomic E-state index is 0.0413. The minimum Gasteiger partial charge on any atom is -0.508 e. The predicted molar refractivity (Wildman–Crippen MR) is 153 cm³/mol. The number of aromatic nitrogens is 1. The lowest BCUT2D eigenvalue weighted by molar-refractivity contribution is -0.142. The quantitative estimate of drug-likeness (QED) is 0.0964. The summed E-state index contributed by atoms with van der Waals surface area (Å²) in [6.07, 6.45) is 0.212. The smallest absolute Gasteiger partial charge is 0.326 e. The highest BCUT2D eigenvalue weighted by molar-refractivity contribution is 5.97. The van der Waals surface area contributed by atoms with E-state index in [1.54, 1.807) is 6.20 Å². The Labute approximate surface area is 245 Å². The number of carboxylic acids is 1. The van der Waals surface area contributed by atoms with E-state index in [0.29, 0.717) is 5.56 Å². The Morgan fingerprint density at radius 3 is 1.84 bits per heavy atom. The first-order chi connectivity index (χ1) is 20.3. The van der Waals surface area contributed by atoms with Crippen molar-refractivity contribution in [3.8, 4) is 5.75 Å². The SMILES string of the molecule is NC(=O)CC(NC(=O)C(N)Cc1c[nH]c2ccccc12)C(=O)NC(CC(N)=O)C(=O)NC(Cc1ccc(O)cc1)C(=O)O. The van der Waals surface area contributed by atoms with Crippen LogP contribution in [-0.4, -0.2) is 74.9 Å². The van der Waals surface area contributed by atoms with E-state index in [1.165, 1.54) is 24.3 Å². The van der Waals surface area contributed by atoms with Gasteiger partial charge in [-0.15, -0.1) is 0 Å². The van der Waals surface area contributed by atoms with Crippen molar-refractivity contribution in [2.24, 2.45) is 17.2 Å². The molecule has 4 atom stereocenters. The summed E-state index contributed by atoms with van der Waals surface area (Å²) >= 11 is 0. The number of aliphatic carboxylic acids is 1. The van der Waals surface area contributed by atoms with Gasteiger partial charge in [0.2, 0.25) is 29.5 Å². The fourth-order valence-corrected chi connectivity index (χ4v) is 4.34. The van der Waals surface area contributed by atoms with Gasteiger partial charge in [-0.2, -0.15) is 0 Å². The van der Waals surface area contributed by atoms with Crippen LogP contribution in [0.1, 0.15) is 24.0 Å². The molecule has 0 fully saturated rings. The molecule has 0 saturated carbocycles. The number of nitrogens with one attached hydrogen (secondary N) is 4. The molecule has 0 radical (unpaired) electrons. The average molecular weight is 596 g/mol. The molecule has 0 saturated heterocycles. The molecular weight excluding hydrogens is 562 g/mol. The summed E-state index contributed by atoms with van der Waals surface area (Å²) in [5, 5.41) is 26.7. The Kier molecular flexibility index (Phi) is 10.8. The van der Waals surface area contributed by atoms with E-state index >= 15 is 0 Å². The van der Waals surface area contributed by atoms with Crippen LogP contribution >= 0.6 is 0 Å². The zero-order valence-corrected chi connectivity index (χ0v) is 22.9. The van der Waals surface area contributed by atoms with Crippen molar-refractivity contribution in [2.75, 3.05) is 0 Å². The molecule has 43 heavy (non-hydrogen) atoms. The van der Waals surface area contributed by atoms with Crippen molar-refractivity contribution in [3.05, 3.63) is 65.9 Å². The van der Waals surface area contributed by atoms with E-state index < -0.39 is 72.5 Å². The summed E-state index contributed by atoms with van der Waals surface area (Å²) in [7, 11) is 0. The standard InChI is InChI=1S/C28H33N7O8/c29-18(10-15-13-32-19-4-2-1-3-17(15)19)25(39)33-20(11-23(30)37)26(40)34-21(12-24(31)38)27(41)35-22(28(42)43)9-14-5-7-16(36)8-6-14/h1-8,13,18,20-22,32,36H,9-12,29H2,(H2,30,37)(H2,31,38)(H,33,39)(H,34,40)(H,35,41)(H,42,43). The molecule has 1 heterocycles. The van der Waals surface area contributed by atoms with E-state index in [4.69, 9.17) is 17.2 Å². The van der Waals surface area contributed by atoms with Crippen LogP contribution in [0.25, 0.3) is 10.9 Å². The van der Waals surface area contributed by atoms with Gasteiger partial charge in [0.25, 0.3) is 0 Å². The molecule has 0 bridgehead atoms. The first kappa shape index (κ1) is 32.1. The maximum atomic E-state index is 13.1. The predicted octanol–water partition coefficient (Wildman–Crippen LogP) is -1.72. The number of para-hydroxylation sites is 1. The minimum atomic E-state index is -1.65. The number of rotatable bonds is 15. The molecule has 0 aliphatic heterocycles. The van der Waals surface area contributed by atoms with Gasteiger partial charge in [0.15, 0.2) is 0 Å². The summed E-state index contributed by atoms with van der Waals surface area (Å²) in [4.78, 5) is 77.3. The van der Waals surface area contributed by atoms with Gasteiger partial charge in [-0.25, -0.2) is 4.79 Å². The second kappa shape index (κ2) is 14.5. The maximum absolute atomic E-state index is 13.1. The molecule has 0 spiro atoms. The molecule has 12 N–H and O–H groups in total. The number of amides is 5. The number of aromatic amines is 1. The Morgan fingerprint density at radius 1 is 0.744 bits per heavy atom. The highest BCUT2D eigenvalue weighted by atomic mass is 16.4. The third-order valence-electron chi connectivity index (χ3n) is 6.52. The van der Waals surface area contributed by atoms with E-state index in [-0.39, 0.29) is 18.6 Å². The van der Waals surface area contributed by atoms with Gasteiger partial charge in [-0.1, -0.05) is 30.3 Å². The molecule has 228 valence electrons. The Balaban J connectivity index is 1.70. The molecule has 0 aliphatic carbocycles. The van der Waals surface area contributed by atoms with Crippen molar-refractivity contribution in [2.45, 2.75) is 49.9 Å². The largest absolute Gasteiger partial charge is 0.508 e. The molecule has 1 aromatic heterocycles. The summed E-state index contributed by atoms with van der Waals surface area (Å²) in [5.41, 5.74) is 18.6. The van der Waals surface area contributed by atoms with E-state index in [0.717, 1.165) is 16.5 Å². The Hall–Kier alpha value is -5.44. The van der Waals surface area contributed by atoms with Crippen LogP contribution in [0, 0.1) is 0 Å². The summed E-state index contributed by atoms with van der Waals surface area (Å²) < 4.78 is 0. The number of nitrogens with two attached hydrogens (primary N) is 3. The van der Waals surface area contributed by atoms with Crippen LogP contribution in [-0.2, 0) is 41.6 Å². The van der Waals surface area contributed by atoms with Crippen LogP contribution in [0.3, 0.4) is 0 Å². The molecule has 3 aromatic rings. The monoisotopic (exact) mass is 595 g/mol. The van der Waals surface area contributed by atoms with Crippen LogP contribution in [0.5, 0.6) is 5.75 Å². The van der Waals surface area contributed by atoms with Crippen LogP contribution in [0.15, 0.2) is 54.7 Å². The molecule has 2 aromatic carbocycles. The second-order valence-corrected chi connectivity index (χ2v) is 9.90. The van der Waals surface area contributed by atoms with Gasteiger partial charge in [-0.05, 0) is 35.7 Å². The highest BCUT2D eigenvalue weighted by Gasteiger charge is 2.32. The van der Waals surface area contributed by atoms with E-state index in [9.17, 15) is 39.0 Å². The van der Waals surface area contributed by atoms with Crippen molar-refractivity contribution in [1.29, 1.82) is 0 Å². The first-order valence-electron chi connectivity index (χ1n) is 13.1. The Morgan fingerprint density at radius 2 is 1.28 bits per heavy atom. The molecule has 15 nitrogen and oxygen atoms in total. The van der Waals surface area contributed by atoms with Gasteiger partial charge < -0.3 is 48.3 Å². The van der Waals surface area contributed by atoms with Gasteiger partial charge in [0.1, 0.15) is 23.9 Å². The van der Waals surface area contributed by atoms with Crippen molar-refractivity contribution >= 4 is 46.4 Å². The molecule has 3 rings (SSSR count). The second-order valence-electron chi connectivity index (χ2n) is 9.90. The first-order valence-corrected chi connectivity index (χ1v) is 13.1. The number of carbonyl (C=O) groups is 6. The third kappa shape index (κ3) is 9.29. The van der Waals surface area contributed by atoms with Gasteiger partial charge in [0, 0.05) is 23.5 Å². The zero-order valence-electron chi connectivity index (χ0n) is 22.9. The number of benzene rings is 2. The number of fused-ring (bicyclic) bond motifs is 1. The van der Waals surface area contributed by atoms with E-state index in [1.807, 2.05) is 24.3 Å². The number of carbonyl (C=O) groups excluding carboxylic acids is 5. The number of hydrogen-bond donors (Lipinski definition) is 9. The topological polar surface area (TPSA) is 273 Å². The maximum Gasteiger partial charge on any atom is 0.326 e. The summed E-state index contributed by atoms with van der Waals surface area (Å²) in [6, 6.07) is 7.11. The van der Waals surface area contributed by atoms with Crippen molar-refractivity contribution < 1.29 is 39.0 Å². The number of H-pyrrole nitrogens is 1. The number of hydrogen-bond acceptors (Lipinski definition) is 8. The van der Waals surface area contributed by atoms with Crippen LogP contribution < -0.4 is 33.2 Å². The molecule has 4 unspecified atom stereocenters. The van der Waals surface area contributed by atoms with Crippen molar-refractivity contribution in [1.82, 2.24) is 20.9 Å². The lowest BCUT2D eigenvalue weighted by Gasteiger charge is -2.24. The van der Waals surface area contributed by atoms with E-state index in [2.05, 4.69) is 20.9 Å². The molecular formula is C28H33N7O8. The fraction of sp³-hybridized carbons (Fsp3) is 0.286. The lowest BCUT2D eigenvalue weighted by Crippen LogP contribution is -2.58. The zero-order chi connectivity index (χ0) is 31.7. The van der Waals surface area contributed by atoms with Gasteiger partial charge in [0.05, 0.1) is 18.9 Å². The summed E-state index contributed by atoms with van der Waals surface area (Å²) in [6.45, 7) is 0. The number of aromatic hydroxyl groups is 1. The third-order valence-corrected chi connectivity index (χ3v) is 6.52. The normalized spacial score (nSPS) is 13.7. The molecule has 15 heteroatoms. The van der Waals surface area contributed by atoms with Gasteiger partial charge >= 0.3 is 5.97 Å².